The first-order valence-corrected chi connectivity index (χ1v) is 11.0. The smallest absolute Gasteiger partial charge is 0.407 e. The number of hydrogen-bond donors (Lipinski definition) is 2. The van der Waals surface area contributed by atoms with E-state index in [0.717, 1.165) is 45.2 Å². The fourth-order valence-electron chi connectivity index (χ4n) is 5.10. The number of carboxylic acid groups (broad SMARTS) is 1. The zero-order valence-electron chi connectivity index (χ0n) is 16.8. The monoisotopic (exact) mass is 386 g/mol. The molecule has 2 N–H and O–H groups in total. The van der Waals surface area contributed by atoms with Crippen LogP contribution >= 0.6 is 0 Å². The average molecular weight is 387 g/mol. The van der Waals surface area contributed by atoms with Gasteiger partial charge in [0.25, 0.3) is 0 Å². The third kappa shape index (κ3) is 4.69. The SMILES string of the molecule is O=C(O)N(CC1(COC2CCCCC2)CCNCC1)[C@@H]1C[C@H]1c1ccccc1. The van der Waals surface area contributed by atoms with Gasteiger partial charge in [0, 0.05) is 23.9 Å². The lowest BCUT2D eigenvalue weighted by molar-refractivity contribution is -0.0472. The largest absolute Gasteiger partial charge is 0.465 e. The maximum absolute atomic E-state index is 12.1. The zero-order chi connectivity index (χ0) is 19.4. The maximum Gasteiger partial charge on any atom is 0.407 e. The first-order chi connectivity index (χ1) is 13.7. The topological polar surface area (TPSA) is 61.8 Å². The summed E-state index contributed by atoms with van der Waals surface area (Å²) in [6.45, 7) is 3.21. The molecule has 5 heteroatoms. The average Bonchev–Trinajstić information content (AvgIpc) is 3.53. The fraction of sp³-hybridized carbons (Fsp3) is 0.696. The lowest BCUT2D eigenvalue weighted by atomic mass is 9.79. The molecule has 28 heavy (non-hydrogen) atoms. The predicted octanol–water partition coefficient (Wildman–Crippen LogP) is 4.24. The Hall–Kier alpha value is -1.59. The predicted molar refractivity (Wildman–Crippen MR) is 110 cm³/mol. The van der Waals surface area contributed by atoms with Gasteiger partial charge in [0.1, 0.15) is 0 Å². The van der Waals surface area contributed by atoms with Gasteiger partial charge in [-0.1, -0.05) is 49.6 Å². The molecule has 2 atom stereocenters. The minimum atomic E-state index is -0.779. The lowest BCUT2D eigenvalue weighted by Gasteiger charge is -2.41. The number of carbonyl (C=O) groups is 1. The quantitative estimate of drug-likeness (QED) is 0.736. The molecule has 0 spiro atoms. The number of ether oxygens (including phenoxy) is 1. The summed E-state index contributed by atoms with van der Waals surface area (Å²) in [5.74, 6) is 0.343. The standard InChI is InChI=1S/C23H34N2O3/c26-22(27)25(21-15-20(21)18-7-3-1-4-8-18)16-23(11-13-24-14-12-23)17-28-19-9-5-2-6-10-19/h1,3-4,7-8,19-21,24H,2,5-6,9-17H2,(H,26,27)/t20-,21+/m0/s1. The van der Waals surface area contributed by atoms with Crippen molar-refractivity contribution in [3.05, 3.63) is 35.9 Å². The number of amides is 1. The van der Waals surface area contributed by atoms with Gasteiger partial charge in [-0.15, -0.1) is 0 Å². The van der Waals surface area contributed by atoms with Gasteiger partial charge in [0.05, 0.1) is 12.7 Å². The Kier molecular flexibility index (Phi) is 6.22. The van der Waals surface area contributed by atoms with Gasteiger partial charge in [-0.05, 0) is 50.8 Å². The Bertz CT molecular complexity index is 639. The van der Waals surface area contributed by atoms with Crippen LogP contribution in [-0.2, 0) is 4.74 Å². The molecule has 0 radical (unpaired) electrons. The van der Waals surface area contributed by atoms with Crippen molar-refractivity contribution >= 4 is 6.09 Å². The second-order valence-electron chi connectivity index (χ2n) is 9.05. The van der Waals surface area contributed by atoms with Crippen LogP contribution in [0.25, 0.3) is 0 Å². The van der Waals surface area contributed by atoms with Crippen LogP contribution in [0.1, 0.15) is 62.8 Å². The van der Waals surface area contributed by atoms with Crippen molar-refractivity contribution in [3.8, 4) is 0 Å². The number of piperidine rings is 1. The Morgan fingerprint density at radius 1 is 1.14 bits per heavy atom. The molecule has 1 aromatic rings. The van der Waals surface area contributed by atoms with Crippen molar-refractivity contribution in [1.29, 1.82) is 0 Å². The fourth-order valence-corrected chi connectivity index (χ4v) is 5.10. The molecule has 1 saturated heterocycles. The molecule has 0 aromatic heterocycles. The van der Waals surface area contributed by atoms with E-state index in [1.807, 2.05) is 18.2 Å². The zero-order valence-corrected chi connectivity index (χ0v) is 16.8. The summed E-state index contributed by atoms with van der Waals surface area (Å²) in [4.78, 5) is 13.9. The van der Waals surface area contributed by atoms with Crippen molar-refractivity contribution in [1.82, 2.24) is 10.2 Å². The molecule has 1 heterocycles. The van der Waals surface area contributed by atoms with E-state index in [2.05, 4.69) is 17.4 Å². The van der Waals surface area contributed by atoms with Crippen LogP contribution in [0.3, 0.4) is 0 Å². The summed E-state index contributed by atoms with van der Waals surface area (Å²) < 4.78 is 6.37. The second kappa shape index (κ2) is 8.83. The Labute approximate surface area is 168 Å². The van der Waals surface area contributed by atoms with Gasteiger partial charge in [-0.2, -0.15) is 0 Å². The van der Waals surface area contributed by atoms with Crippen molar-refractivity contribution in [3.63, 3.8) is 0 Å². The van der Waals surface area contributed by atoms with Crippen molar-refractivity contribution in [2.45, 2.75) is 69.4 Å². The van der Waals surface area contributed by atoms with E-state index in [1.165, 1.54) is 24.8 Å². The van der Waals surface area contributed by atoms with Gasteiger partial charge in [-0.3, -0.25) is 0 Å². The number of nitrogens with one attached hydrogen (secondary N) is 1. The normalized spacial score (nSPS) is 27.3. The van der Waals surface area contributed by atoms with Gasteiger partial charge in [-0.25, -0.2) is 4.79 Å². The molecule has 2 saturated carbocycles. The van der Waals surface area contributed by atoms with Gasteiger partial charge in [0.2, 0.25) is 0 Å². The van der Waals surface area contributed by atoms with Crippen LogP contribution < -0.4 is 5.32 Å². The second-order valence-corrected chi connectivity index (χ2v) is 9.05. The molecule has 5 nitrogen and oxygen atoms in total. The summed E-state index contributed by atoms with van der Waals surface area (Å²) in [5.41, 5.74) is 1.21. The highest BCUT2D eigenvalue weighted by Crippen LogP contribution is 2.46. The van der Waals surface area contributed by atoms with E-state index < -0.39 is 6.09 Å². The van der Waals surface area contributed by atoms with Crippen LogP contribution in [0, 0.1) is 5.41 Å². The highest BCUT2D eigenvalue weighted by Gasteiger charge is 2.48. The number of hydrogen-bond acceptors (Lipinski definition) is 3. The Balaban J connectivity index is 1.42. The Morgan fingerprint density at radius 2 is 1.86 bits per heavy atom. The van der Waals surface area contributed by atoms with Crippen molar-refractivity contribution in [2.75, 3.05) is 26.2 Å². The molecule has 1 aromatic carbocycles. The minimum absolute atomic E-state index is 0.0507. The first-order valence-electron chi connectivity index (χ1n) is 11.0. The van der Waals surface area contributed by atoms with Crippen molar-refractivity contribution < 1.29 is 14.6 Å². The summed E-state index contributed by atoms with van der Waals surface area (Å²) in [6, 6.07) is 10.5. The summed E-state index contributed by atoms with van der Waals surface area (Å²) in [5, 5.41) is 13.4. The van der Waals surface area contributed by atoms with Crippen LogP contribution in [0.2, 0.25) is 0 Å². The van der Waals surface area contributed by atoms with Crippen LogP contribution in [-0.4, -0.2) is 54.5 Å². The molecule has 0 bridgehead atoms. The van der Waals surface area contributed by atoms with Gasteiger partial charge in [0.15, 0.2) is 0 Å². The van der Waals surface area contributed by atoms with E-state index >= 15 is 0 Å². The van der Waals surface area contributed by atoms with E-state index in [1.54, 1.807) is 4.90 Å². The van der Waals surface area contributed by atoms with E-state index in [9.17, 15) is 9.90 Å². The molecule has 3 fully saturated rings. The third-order valence-electron chi connectivity index (χ3n) is 6.98. The van der Waals surface area contributed by atoms with Gasteiger partial charge >= 0.3 is 6.09 Å². The molecule has 4 rings (SSSR count). The summed E-state index contributed by atoms with van der Waals surface area (Å²) in [6.07, 6.45) is 8.70. The van der Waals surface area contributed by atoms with Crippen LogP contribution in [0.5, 0.6) is 0 Å². The lowest BCUT2D eigenvalue weighted by Crippen LogP contribution is -2.50. The molecular weight excluding hydrogens is 352 g/mol. The van der Waals surface area contributed by atoms with E-state index in [4.69, 9.17) is 4.74 Å². The van der Waals surface area contributed by atoms with E-state index in [-0.39, 0.29) is 11.5 Å². The number of nitrogens with zero attached hydrogens (tertiary/aromatic N) is 1. The van der Waals surface area contributed by atoms with E-state index in [0.29, 0.717) is 25.2 Å². The molecule has 1 amide bonds. The van der Waals surface area contributed by atoms with Crippen molar-refractivity contribution in [2.24, 2.45) is 5.41 Å². The highest BCUT2D eigenvalue weighted by molar-refractivity contribution is 5.66. The van der Waals surface area contributed by atoms with Crippen LogP contribution in [0.15, 0.2) is 30.3 Å². The van der Waals surface area contributed by atoms with Crippen LogP contribution in [0.4, 0.5) is 4.79 Å². The minimum Gasteiger partial charge on any atom is -0.465 e. The molecule has 1 aliphatic heterocycles. The molecule has 2 aliphatic carbocycles. The highest BCUT2D eigenvalue weighted by atomic mass is 16.5. The number of rotatable bonds is 7. The molecule has 0 unspecified atom stereocenters. The summed E-state index contributed by atoms with van der Waals surface area (Å²) in [7, 11) is 0. The Morgan fingerprint density at radius 3 is 2.54 bits per heavy atom. The van der Waals surface area contributed by atoms with Gasteiger partial charge < -0.3 is 20.1 Å². The number of benzene rings is 1. The maximum atomic E-state index is 12.1. The molecule has 3 aliphatic rings. The third-order valence-corrected chi connectivity index (χ3v) is 6.98. The molecule has 154 valence electrons. The first kappa shape index (κ1) is 19.7. The molecular formula is C23H34N2O3. The summed E-state index contributed by atoms with van der Waals surface area (Å²) >= 11 is 0.